The number of amides is 1. The highest BCUT2D eigenvalue weighted by Crippen LogP contribution is 2.18. The molecule has 2 heterocycles. The van der Waals surface area contributed by atoms with Gasteiger partial charge in [-0.2, -0.15) is 5.10 Å². The first-order valence-electron chi connectivity index (χ1n) is 6.95. The lowest BCUT2D eigenvalue weighted by Crippen LogP contribution is -2.16. The van der Waals surface area contributed by atoms with Crippen LogP contribution in [0.4, 0.5) is 11.8 Å². The fourth-order valence-electron chi connectivity index (χ4n) is 2.27. The number of aryl methyl sites for hydroxylation is 1. The van der Waals surface area contributed by atoms with Crippen molar-refractivity contribution < 1.29 is 14.3 Å². The summed E-state index contributed by atoms with van der Waals surface area (Å²) in [5.41, 5.74) is 6.56. The zero-order valence-corrected chi connectivity index (χ0v) is 13.0. The van der Waals surface area contributed by atoms with Crippen LogP contribution >= 0.6 is 0 Å². The Morgan fingerprint density at radius 2 is 2.00 bits per heavy atom. The number of rotatable bonds is 3. The first kappa shape index (κ1) is 15.4. The maximum Gasteiger partial charge on any atom is 0.356 e. The second-order valence-electron chi connectivity index (χ2n) is 4.93. The molecule has 0 aliphatic heterocycles. The number of para-hydroxylation sites is 1. The summed E-state index contributed by atoms with van der Waals surface area (Å²) in [5, 5.41) is 7.21. The van der Waals surface area contributed by atoms with Crippen LogP contribution in [-0.4, -0.2) is 38.7 Å². The predicted molar refractivity (Wildman–Crippen MR) is 86.5 cm³/mol. The number of anilines is 2. The molecule has 0 saturated carbocycles. The number of esters is 1. The molecule has 9 nitrogen and oxygen atoms in total. The third kappa shape index (κ3) is 2.74. The van der Waals surface area contributed by atoms with Gasteiger partial charge in [0.25, 0.3) is 5.91 Å². The molecule has 24 heavy (non-hydrogen) atoms. The first-order chi connectivity index (χ1) is 11.5. The molecule has 0 aliphatic rings. The molecule has 9 heteroatoms. The summed E-state index contributed by atoms with van der Waals surface area (Å²) in [6.45, 7) is 0. The number of benzene rings is 1. The van der Waals surface area contributed by atoms with E-state index in [1.165, 1.54) is 17.9 Å². The molecule has 3 rings (SSSR count). The number of nitrogens with two attached hydrogens (primary N) is 1. The number of fused-ring (bicyclic) bond motifs is 1. The van der Waals surface area contributed by atoms with Gasteiger partial charge in [0.15, 0.2) is 5.82 Å². The van der Waals surface area contributed by atoms with Gasteiger partial charge in [0, 0.05) is 18.5 Å². The van der Waals surface area contributed by atoms with Crippen LogP contribution in [0.5, 0.6) is 0 Å². The largest absolute Gasteiger partial charge is 0.464 e. The van der Waals surface area contributed by atoms with Crippen LogP contribution in [0.15, 0.2) is 30.3 Å². The lowest BCUT2D eigenvalue weighted by atomic mass is 10.2. The third-order valence-electron chi connectivity index (χ3n) is 3.35. The van der Waals surface area contributed by atoms with Crippen LogP contribution in [-0.2, 0) is 11.8 Å². The second-order valence-corrected chi connectivity index (χ2v) is 4.93. The van der Waals surface area contributed by atoms with Gasteiger partial charge >= 0.3 is 5.97 Å². The Hall–Kier alpha value is -3.49. The van der Waals surface area contributed by atoms with E-state index in [9.17, 15) is 9.59 Å². The van der Waals surface area contributed by atoms with Gasteiger partial charge in [0.2, 0.25) is 5.95 Å². The zero-order valence-electron chi connectivity index (χ0n) is 13.0. The van der Waals surface area contributed by atoms with Crippen molar-refractivity contribution in [1.29, 1.82) is 0 Å². The molecule has 3 N–H and O–H groups in total. The Labute approximate surface area is 136 Å². The van der Waals surface area contributed by atoms with E-state index >= 15 is 0 Å². The van der Waals surface area contributed by atoms with Crippen molar-refractivity contribution in [3.8, 4) is 0 Å². The number of carbonyl (C=O) groups excluding carboxylic acids is 2. The summed E-state index contributed by atoms with van der Waals surface area (Å²) in [5.74, 6) is -0.865. The quantitative estimate of drug-likeness (QED) is 0.687. The Kier molecular flexibility index (Phi) is 3.82. The molecule has 1 aromatic carbocycles. The average Bonchev–Trinajstić information content (AvgIpc) is 2.93. The van der Waals surface area contributed by atoms with Gasteiger partial charge in [-0.15, -0.1) is 0 Å². The average molecular weight is 326 g/mol. The molecule has 1 amide bonds. The SMILES string of the molecule is COC(=O)c1cc(NC(=O)c2nc(N)nc3ccccc23)nn1C. The Bertz CT molecular complexity index is 950. The topological polar surface area (TPSA) is 125 Å². The van der Waals surface area contributed by atoms with E-state index in [2.05, 4.69) is 25.1 Å². The summed E-state index contributed by atoms with van der Waals surface area (Å²) in [4.78, 5) is 32.2. The minimum absolute atomic E-state index is 0.00452. The van der Waals surface area contributed by atoms with E-state index in [4.69, 9.17) is 5.73 Å². The zero-order chi connectivity index (χ0) is 17.3. The Morgan fingerprint density at radius 3 is 2.75 bits per heavy atom. The standard InChI is InChI=1S/C15H14N6O3/c1-21-10(14(23)24-2)7-11(20-21)18-13(22)12-8-5-3-4-6-9(8)17-15(16)19-12/h3-7H,1-2H3,(H2,16,17,19)(H,18,20,22). The van der Waals surface area contributed by atoms with Crippen LogP contribution in [0.25, 0.3) is 10.9 Å². The first-order valence-corrected chi connectivity index (χ1v) is 6.95. The van der Waals surface area contributed by atoms with Gasteiger partial charge < -0.3 is 15.8 Å². The van der Waals surface area contributed by atoms with Crippen molar-refractivity contribution in [3.63, 3.8) is 0 Å². The number of ether oxygens (including phenoxy) is 1. The van der Waals surface area contributed by atoms with Crippen molar-refractivity contribution in [3.05, 3.63) is 41.7 Å². The summed E-state index contributed by atoms with van der Waals surface area (Å²) in [6, 6.07) is 8.44. The van der Waals surface area contributed by atoms with E-state index < -0.39 is 11.9 Å². The van der Waals surface area contributed by atoms with Crippen molar-refractivity contribution in [2.75, 3.05) is 18.2 Å². The molecule has 0 atom stereocenters. The summed E-state index contributed by atoms with van der Waals surface area (Å²) in [7, 11) is 2.84. The molecular weight excluding hydrogens is 312 g/mol. The van der Waals surface area contributed by atoms with Crippen molar-refractivity contribution in [2.24, 2.45) is 7.05 Å². The minimum atomic E-state index is -0.553. The molecule has 0 saturated heterocycles. The van der Waals surface area contributed by atoms with Crippen LogP contribution in [0, 0.1) is 0 Å². The second kappa shape index (κ2) is 5.95. The minimum Gasteiger partial charge on any atom is -0.464 e. The molecule has 0 unspecified atom stereocenters. The van der Waals surface area contributed by atoms with E-state index in [0.29, 0.717) is 10.9 Å². The summed E-state index contributed by atoms with van der Waals surface area (Å²) < 4.78 is 5.96. The predicted octanol–water partition coefficient (Wildman–Crippen LogP) is 0.984. The van der Waals surface area contributed by atoms with Crippen molar-refractivity contribution in [2.45, 2.75) is 0 Å². The lowest BCUT2D eigenvalue weighted by molar-refractivity contribution is 0.0588. The number of nitrogens with one attached hydrogen (secondary N) is 1. The lowest BCUT2D eigenvalue weighted by Gasteiger charge is -2.06. The molecule has 0 fully saturated rings. The molecule has 0 aliphatic carbocycles. The van der Waals surface area contributed by atoms with E-state index in [1.807, 2.05) is 0 Å². The smallest absolute Gasteiger partial charge is 0.356 e. The molecule has 0 spiro atoms. The van der Waals surface area contributed by atoms with Crippen LogP contribution < -0.4 is 11.1 Å². The van der Waals surface area contributed by atoms with E-state index in [0.717, 1.165) is 0 Å². The highest BCUT2D eigenvalue weighted by atomic mass is 16.5. The Balaban J connectivity index is 1.95. The number of nitrogens with zero attached hydrogens (tertiary/aromatic N) is 4. The molecule has 122 valence electrons. The van der Waals surface area contributed by atoms with Gasteiger partial charge in [-0.3, -0.25) is 9.48 Å². The van der Waals surface area contributed by atoms with Crippen molar-refractivity contribution >= 4 is 34.5 Å². The fourth-order valence-corrected chi connectivity index (χ4v) is 2.27. The van der Waals surface area contributed by atoms with Gasteiger partial charge in [-0.25, -0.2) is 14.8 Å². The monoisotopic (exact) mass is 326 g/mol. The van der Waals surface area contributed by atoms with Crippen molar-refractivity contribution in [1.82, 2.24) is 19.7 Å². The molecule has 0 radical (unpaired) electrons. The summed E-state index contributed by atoms with van der Waals surface area (Å²) >= 11 is 0. The third-order valence-corrected chi connectivity index (χ3v) is 3.35. The molecule has 2 aromatic heterocycles. The van der Waals surface area contributed by atoms with Crippen LogP contribution in [0.3, 0.4) is 0 Å². The normalized spacial score (nSPS) is 10.6. The molecule has 0 bridgehead atoms. The van der Waals surface area contributed by atoms with Gasteiger partial charge in [0.1, 0.15) is 11.4 Å². The highest BCUT2D eigenvalue weighted by molar-refractivity contribution is 6.11. The fraction of sp³-hybridized carbons (Fsp3) is 0.133. The maximum absolute atomic E-state index is 12.5. The van der Waals surface area contributed by atoms with Crippen LogP contribution in [0.1, 0.15) is 21.0 Å². The molecule has 3 aromatic rings. The van der Waals surface area contributed by atoms with E-state index in [1.54, 1.807) is 31.3 Å². The van der Waals surface area contributed by atoms with E-state index in [-0.39, 0.29) is 23.2 Å². The number of aromatic nitrogens is 4. The number of carbonyl (C=O) groups is 2. The Morgan fingerprint density at radius 1 is 1.25 bits per heavy atom. The highest BCUT2D eigenvalue weighted by Gasteiger charge is 2.18. The number of hydrogen-bond acceptors (Lipinski definition) is 7. The van der Waals surface area contributed by atoms with Gasteiger partial charge in [0.05, 0.1) is 12.6 Å². The number of hydrogen-bond donors (Lipinski definition) is 2. The summed E-state index contributed by atoms with van der Waals surface area (Å²) in [6.07, 6.45) is 0. The van der Waals surface area contributed by atoms with Crippen LogP contribution in [0.2, 0.25) is 0 Å². The van der Waals surface area contributed by atoms with Gasteiger partial charge in [-0.05, 0) is 6.07 Å². The maximum atomic E-state index is 12.5. The van der Waals surface area contributed by atoms with Gasteiger partial charge in [-0.1, -0.05) is 18.2 Å². The molecular formula is C15H14N6O3. The number of nitrogen functional groups attached to an aromatic ring is 1. The number of methoxy groups -OCH3 is 1.